The van der Waals surface area contributed by atoms with Crippen LogP contribution in [0.25, 0.3) is 21.9 Å². The zero-order valence-electron chi connectivity index (χ0n) is 14.1. The van der Waals surface area contributed by atoms with Crippen molar-refractivity contribution in [1.29, 1.82) is 0 Å². The number of para-hydroxylation sites is 2. The molecule has 5 heteroatoms. The van der Waals surface area contributed by atoms with E-state index < -0.39 is 5.97 Å². The van der Waals surface area contributed by atoms with Crippen LogP contribution in [0, 0.1) is 0 Å². The number of carbonyl (C=O) groups excluding carboxylic acids is 1. The number of benzene rings is 2. The van der Waals surface area contributed by atoms with Gasteiger partial charge in [0.15, 0.2) is 0 Å². The molecule has 3 rings (SSSR count). The maximum Gasteiger partial charge on any atom is 0.305 e. The largest absolute Gasteiger partial charge is 0.481 e. The number of carboxylic acid groups (broad SMARTS) is 1. The summed E-state index contributed by atoms with van der Waals surface area (Å²) in [7, 11) is 0. The lowest BCUT2D eigenvalue weighted by molar-refractivity contribution is -0.143. The van der Waals surface area contributed by atoms with Crippen molar-refractivity contribution in [3.05, 3.63) is 47.5 Å². The fourth-order valence-electron chi connectivity index (χ4n) is 2.95. The third-order valence-corrected chi connectivity index (χ3v) is 4.22. The lowest BCUT2D eigenvalue weighted by Crippen LogP contribution is -2.06. The zero-order chi connectivity index (χ0) is 17.8. The second kappa shape index (κ2) is 7.38. The van der Waals surface area contributed by atoms with E-state index in [9.17, 15) is 9.59 Å². The molecule has 1 aromatic heterocycles. The van der Waals surface area contributed by atoms with Gasteiger partial charge in [-0.05, 0) is 17.5 Å². The first kappa shape index (κ1) is 17.0. The van der Waals surface area contributed by atoms with Crippen molar-refractivity contribution in [3.63, 3.8) is 0 Å². The summed E-state index contributed by atoms with van der Waals surface area (Å²) >= 11 is 0. The molecular weight excluding hydrogens is 320 g/mol. The molecule has 2 aromatic carbocycles. The molecule has 0 spiro atoms. The lowest BCUT2D eigenvalue weighted by Gasteiger charge is -2.04. The summed E-state index contributed by atoms with van der Waals surface area (Å²) in [6.45, 7) is 2.08. The summed E-state index contributed by atoms with van der Waals surface area (Å²) in [5.74, 6) is -1.04. The number of aliphatic carboxylic acids is 1. The first-order valence-corrected chi connectivity index (χ1v) is 8.39. The van der Waals surface area contributed by atoms with Gasteiger partial charge in [-0.2, -0.15) is 0 Å². The van der Waals surface area contributed by atoms with Crippen LogP contribution in [0.2, 0.25) is 0 Å². The van der Waals surface area contributed by atoms with Gasteiger partial charge in [0.2, 0.25) is 0 Å². The topological polar surface area (TPSA) is 76.7 Å². The van der Waals surface area contributed by atoms with Crippen molar-refractivity contribution in [2.75, 3.05) is 6.61 Å². The predicted molar refractivity (Wildman–Crippen MR) is 94.6 cm³/mol. The molecule has 0 bridgehead atoms. The molecule has 0 aliphatic rings. The van der Waals surface area contributed by atoms with E-state index in [1.54, 1.807) is 6.92 Å². The lowest BCUT2D eigenvalue weighted by atomic mass is 10.0. The van der Waals surface area contributed by atoms with Crippen molar-refractivity contribution in [1.82, 2.24) is 0 Å². The molecule has 0 radical (unpaired) electrons. The Morgan fingerprint density at radius 3 is 2.16 bits per heavy atom. The van der Waals surface area contributed by atoms with Crippen LogP contribution < -0.4 is 0 Å². The number of esters is 1. The molecule has 0 atom stereocenters. The highest BCUT2D eigenvalue weighted by atomic mass is 16.5. The van der Waals surface area contributed by atoms with Gasteiger partial charge in [-0.1, -0.05) is 43.3 Å². The maximum atomic E-state index is 11.3. The molecule has 1 N–H and O–H groups in total. The average molecular weight is 340 g/mol. The molecule has 3 aromatic rings. The van der Waals surface area contributed by atoms with E-state index in [0.29, 0.717) is 25.9 Å². The highest BCUT2D eigenvalue weighted by molar-refractivity contribution is 6.06. The van der Waals surface area contributed by atoms with Crippen molar-refractivity contribution >= 4 is 33.9 Å². The Balaban J connectivity index is 1.95. The third-order valence-electron chi connectivity index (χ3n) is 4.22. The highest BCUT2D eigenvalue weighted by Gasteiger charge is 2.14. The number of furan rings is 1. The van der Waals surface area contributed by atoms with E-state index in [4.69, 9.17) is 14.3 Å². The molecule has 5 nitrogen and oxygen atoms in total. The molecule has 0 unspecified atom stereocenters. The maximum absolute atomic E-state index is 11.3. The monoisotopic (exact) mass is 340 g/mol. The SMILES string of the molecule is CCC(=O)OCCc1cccc2c1oc1c(CCC(=O)O)cccc12. The molecule has 0 aliphatic heterocycles. The van der Waals surface area contributed by atoms with Crippen LogP contribution in [0.3, 0.4) is 0 Å². The number of ether oxygens (including phenoxy) is 1. The van der Waals surface area contributed by atoms with Crippen LogP contribution in [0.1, 0.15) is 30.9 Å². The van der Waals surface area contributed by atoms with E-state index in [-0.39, 0.29) is 12.4 Å². The number of hydrogen-bond acceptors (Lipinski definition) is 4. The summed E-state index contributed by atoms with van der Waals surface area (Å²) in [6, 6.07) is 11.7. The molecule has 0 amide bonds. The summed E-state index contributed by atoms with van der Waals surface area (Å²) in [6.07, 6.45) is 1.43. The molecule has 0 saturated heterocycles. The van der Waals surface area contributed by atoms with E-state index in [2.05, 4.69) is 0 Å². The normalized spacial score (nSPS) is 11.1. The first-order valence-electron chi connectivity index (χ1n) is 8.39. The molecule has 130 valence electrons. The van der Waals surface area contributed by atoms with Crippen molar-refractivity contribution in [3.8, 4) is 0 Å². The molecular formula is C20H20O5. The van der Waals surface area contributed by atoms with Crippen LogP contribution in [0.4, 0.5) is 0 Å². The van der Waals surface area contributed by atoms with Gasteiger partial charge >= 0.3 is 11.9 Å². The summed E-state index contributed by atoms with van der Waals surface area (Å²) in [4.78, 5) is 22.1. The average Bonchev–Trinajstić information content (AvgIpc) is 3.00. The van der Waals surface area contributed by atoms with E-state index in [1.807, 2.05) is 36.4 Å². The van der Waals surface area contributed by atoms with E-state index in [0.717, 1.165) is 33.1 Å². The summed E-state index contributed by atoms with van der Waals surface area (Å²) in [5, 5.41) is 10.9. The minimum atomic E-state index is -0.827. The van der Waals surface area contributed by atoms with Gasteiger partial charge in [-0.3, -0.25) is 9.59 Å². The fraction of sp³-hybridized carbons (Fsp3) is 0.300. The molecule has 1 heterocycles. The van der Waals surface area contributed by atoms with E-state index in [1.165, 1.54) is 0 Å². The van der Waals surface area contributed by atoms with Crippen molar-refractivity contribution in [2.45, 2.75) is 32.6 Å². The second-order valence-electron chi connectivity index (χ2n) is 5.91. The van der Waals surface area contributed by atoms with Crippen molar-refractivity contribution < 1.29 is 23.8 Å². The number of rotatable bonds is 7. The van der Waals surface area contributed by atoms with E-state index >= 15 is 0 Å². The minimum Gasteiger partial charge on any atom is -0.481 e. The molecule has 0 fully saturated rings. The van der Waals surface area contributed by atoms with Crippen LogP contribution in [-0.2, 0) is 27.2 Å². The van der Waals surface area contributed by atoms with Gasteiger partial charge in [0.05, 0.1) is 6.61 Å². The fourth-order valence-corrected chi connectivity index (χ4v) is 2.95. The molecule has 0 saturated carbocycles. The van der Waals surface area contributed by atoms with Gasteiger partial charge in [0.1, 0.15) is 11.2 Å². The Bertz CT molecular complexity index is 922. The van der Waals surface area contributed by atoms with Gasteiger partial charge in [0, 0.05) is 30.0 Å². The van der Waals surface area contributed by atoms with Crippen LogP contribution in [-0.4, -0.2) is 23.7 Å². The van der Waals surface area contributed by atoms with Crippen LogP contribution in [0.5, 0.6) is 0 Å². The summed E-state index contributed by atoms with van der Waals surface area (Å²) in [5.41, 5.74) is 3.37. The highest BCUT2D eigenvalue weighted by Crippen LogP contribution is 2.33. The van der Waals surface area contributed by atoms with Gasteiger partial charge in [-0.25, -0.2) is 0 Å². The first-order chi connectivity index (χ1) is 12.1. The minimum absolute atomic E-state index is 0.0655. The van der Waals surface area contributed by atoms with Crippen LogP contribution >= 0.6 is 0 Å². The molecule has 25 heavy (non-hydrogen) atoms. The number of carboxylic acids is 1. The number of hydrogen-bond donors (Lipinski definition) is 1. The zero-order valence-corrected chi connectivity index (χ0v) is 14.1. The Kier molecular flexibility index (Phi) is 5.03. The summed E-state index contributed by atoms with van der Waals surface area (Å²) < 4.78 is 11.3. The van der Waals surface area contributed by atoms with Gasteiger partial charge in [-0.15, -0.1) is 0 Å². The quantitative estimate of drug-likeness (QED) is 0.655. The van der Waals surface area contributed by atoms with Crippen LogP contribution in [0.15, 0.2) is 40.8 Å². The standard InChI is InChI=1S/C20H20O5/c1-2-18(23)24-12-11-14-6-4-8-16-15-7-3-5-13(9-10-17(21)22)19(15)25-20(14)16/h3-8H,2,9-12H2,1H3,(H,21,22). The Hall–Kier alpha value is -2.82. The number of carbonyl (C=O) groups is 2. The smallest absolute Gasteiger partial charge is 0.305 e. The second-order valence-corrected chi connectivity index (χ2v) is 5.91. The molecule has 0 aliphatic carbocycles. The number of fused-ring (bicyclic) bond motifs is 3. The third kappa shape index (κ3) is 3.65. The van der Waals surface area contributed by atoms with Crippen molar-refractivity contribution in [2.24, 2.45) is 0 Å². The Morgan fingerprint density at radius 1 is 1.00 bits per heavy atom. The predicted octanol–water partition coefficient (Wildman–Crippen LogP) is 4.10. The Labute approximate surface area is 145 Å². The van der Waals surface area contributed by atoms with Gasteiger partial charge in [0.25, 0.3) is 0 Å². The Morgan fingerprint density at radius 2 is 1.60 bits per heavy atom. The van der Waals surface area contributed by atoms with Gasteiger partial charge < -0.3 is 14.3 Å². The number of aryl methyl sites for hydroxylation is 1.